The molecule has 0 bridgehead atoms. The molecule has 0 aliphatic heterocycles. The molecular weight excluding hydrogens is 812 g/mol. The van der Waals surface area contributed by atoms with Gasteiger partial charge >= 0.3 is 21.1 Å². The summed E-state index contributed by atoms with van der Waals surface area (Å²) >= 11 is 0. The van der Waals surface area contributed by atoms with Gasteiger partial charge in [0.15, 0.2) is 0 Å². The first-order valence-electron chi connectivity index (χ1n) is 17.0. The van der Waals surface area contributed by atoms with Gasteiger partial charge in [0.25, 0.3) is 0 Å². The van der Waals surface area contributed by atoms with Crippen LogP contribution in [0.1, 0.15) is 43.0 Å². The zero-order valence-corrected chi connectivity index (χ0v) is 33.3. The van der Waals surface area contributed by atoms with Crippen molar-refractivity contribution in [1.82, 2.24) is 19.3 Å². The Balaban J connectivity index is 0.00000448. The van der Waals surface area contributed by atoms with Crippen molar-refractivity contribution in [2.45, 2.75) is 47.0 Å². The Morgan fingerprint density at radius 2 is 1.43 bits per heavy atom. The van der Waals surface area contributed by atoms with Crippen LogP contribution in [0.4, 0.5) is 11.4 Å². The number of aromatic nitrogens is 4. The normalized spacial score (nSPS) is 11.6. The maximum atomic E-state index is 6.45. The van der Waals surface area contributed by atoms with E-state index in [-0.39, 0.29) is 26.5 Å². The Labute approximate surface area is 315 Å². The van der Waals surface area contributed by atoms with Gasteiger partial charge < -0.3 is 19.1 Å². The molecule has 0 radical (unpaired) electrons. The van der Waals surface area contributed by atoms with Gasteiger partial charge in [0.1, 0.15) is 5.82 Å². The van der Waals surface area contributed by atoms with Gasteiger partial charge in [0.2, 0.25) is 0 Å². The molecule has 7 rings (SSSR count). The summed E-state index contributed by atoms with van der Waals surface area (Å²) in [7, 11) is 8.41. The molecule has 0 saturated heterocycles. The zero-order chi connectivity index (χ0) is 35.5. The molecule has 3 heterocycles. The van der Waals surface area contributed by atoms with Gasteiger partial charge in [-0.25, -0.2) is 4.98 Å². The molecule has 0 N–H and O–H groups in total. The van der Waals surface area contributed by atoms with Crippen LogP contribution in [-0.2, 0) is 26.5 Å². The number of ether oxygens (including phenoxy) is 1. The summed E-state index contributed by atoms with van der Waals surface area (Å²) < 4.78 is 10.5. The topological polar surface area (TPSA) is 51.4 Å². The summed E-state index contributed by atoms with van der Waals surface area (Å²) in [6, 6.07) is 29.6. The van der Waals surface area contributed by atoms with E-state index in [4.69, 9.17) is 14.8 Å². The summed E-state index contributed by atoms with van der Waals surface area (Å²) in [5.74, 6) is 2.03. The van der Waals surface area contributed by atoms with Gasteiger partial charge in [-0.2, -0.15) is 17.2 Å². The van der Waals surface area contributed by atoms with Gasteiger partial charge in [-0.15, -0.1) is 35.7 Å². The molecule has 0 atom stereocenters. The number of hydrogen-bond acceptors (Lipinski definition) is 5. The molecule has 0 fully saturated rings. The van der Waals surface area contributed by atoms with E-state index in [1.807, 2.05) is 41.3 Å². The second-order valence-electron chi connectivity index (χ2n) is 14.5. The molecule has 0 aliphatic rings. The van der Waals surface area contributed by atoms with Crippen LogP contribution in [-0.4, -0.2) is 47.5 Å². The first kappa shape index (κ1) is 35.9. The van der Waals surface area contributed by atoms with Crippen LogP contribution in [0.25, 0.3) is 44.4 Å². The van der Waals surface area contributed by atoms with Gasteiger partial charge in [-0.3, -0.25) is 4.68 Å². The third-order valence-electron chi connectivity index (χ3n) is 9.69. The van der Waals surface area contributed by atoms with E-state index in [9.17, 15) is 0 Å². The van der Waals surface area contributed by atoms with Crippen molar-refractivity contribution in [1.29, 1.82) is 0 Å². The van der Waals surface area contributed by atoms with Crippen LogP contribution in [0.5, 0.6) is 11.5 Å². The van der Waals surface area contributed by atoms with Crippen molar-refractivity contribution in [3.05, 3.63) is 120 Å². The Bertz CT molecular complexity index is 2360. The molecule has 7 nitrogen and oxygen atoms in total. The molecular formula is C43H44N6OPt. The first-order chi connectivity index (χ1) is 23.8. The van der Waals surface area contributed by atoms with Crippen LogP contribution in [0.3, 0.4) is 0 Å². The van der Waals surface area contributed by atoms with Gasteiger partial charge in [-0.05, 0) is 77.7 Å². The van der Waals surface area contributed by atoms with E-state index in [1.54, 1.807) is 0 Å². The molecule has 7 aromatic rings. The predicted octanol–water partition coefficient (Wildman–Crippen LogP) is 9.78. The average molecular weight is 856 g/mol. The number of fused-ring (bicyclic) bond motifs is 3. The van der Waals surface area contributed by atoms with Gasteiger partial charge in [-0.1, -0.05) is 44.5 Å². The Hall–Kier alpha value is -4.87. The van der Waals surface area contributed by atoms with E-state index < -0.39 is 0 Å². The minimum absolute atomic E-state index is 0. The van der Waals surface area contributed by atoms with Crippen LogP contribution < -0.4 is 14.5 Å². The van der Waals surface area contributed by atoms with E-state index in [2.05, 4.69) is 145 Å². The summed E-state index contributed by atoms with van der Waals surface area (Å²) in [5, 5.41) is 7.04. The van der Waals surface area contributed by atoms with E-state index in [0.717, 1.165) is 38.9 Å². The summed E-state index contributed by atoms with van der Waals surface area (Å²) in [5.41, 5.74) is 12.4. The minimum Gasteiger partial charge on any atom is -0.509 e. The average Bonchev–Trinajstić information content (AvgIpc) is 3.70. The summed E-state index contributed by atoms with van der Waals surface area (Å²) in [6.07, 6.45) is 5.91. The van der Waals surface area contributed by atoms with E-state index >= 15 is 0 Å². The number of rotatable bonds is 7. The number of anilines is 2. The monoisotopic (exact) mass is 855 g/mol. The molecule has 0 spiro atoms. The van der Waals surface area contributed by atoms with Gasteiger partial charge in [0.05, 0.1) is 6.20 Å². The fraction of sp³-hybridized carbons (Fsp3) is 0.256. The summed E-state index contributed by atoms with van der Waals surface area (Å²) in [6.45, 7) is 13.3. The second kappa shape index (κ2) is 13.7. The predicted molar refractivity (Wildman–Crippen MR) is 207 cm³/mol. The van der Waals surface area contributed by atoms with Crippen molar-refractivity contribution >= 4 is 33.2 Å². The largest absolute Gasteiger partial charge is 2.00 e. The molecule has 0 aliphatic carbocycles. The van der Waals surface area contributed by atoms with Gasteiger partial charge in [0, 0.05) is 80.1 Å². The number of pyridine rings is 1. The van der Waals surface area contributed by atoms with Crippen molar-refractivity contribution in [3.8, 4) is 34.1 Å². The number of para-hydroxylation sites is 1. The van der Waals surface area contributed by atoms with Crippen molar-refractivity contribution < 1.29 is 25.8 Å². The standard InChI is InChI=1S/C43H44N6O.Pt/c1-27-28(2)41(46(7)8)40(42(29(27)3)47(9)10)30-25-45-48(26-30)32-14-13-15-33(23-32)50-34-18-19-36-35-16-11-12-17-37(35)49(38(36)24-34)39-22-31(20-21-44-39)43(4,5)6;/h11-22,25-26H,1-10H3;/q-2;+2. The van der Waals surface area contributed by atoms with Crippen LogP contribution in [0.2, 0.25) is 0 Å². The van der Waals surface area contributed by atoms with Crippen molar-refractivity contribution in [3.63, 3.8) is 0 Å². The first-order valence-corrected chi connectivity index (χ1v) is 17.0. The van der Waals surface area contributed by atoms with Crippen molar-refractivity contribution in [2.75, 3.05) is 38.0 Å². The Kier molecular flexibility index (Phi) is 9.64. The quantitative estimate of drug-likeness (QED) is 0.150. The molecule has 4 aromatic carbocycles. The Morgan fingerprint density at radius 1 is 0.745 bits per heavy atom. The van der Waals surface area contributed by atoms with Crippen LogP contribution in [0, 0.1) is 32.9 Å². The number of benzene rings is 4. The van der Waals surface area contributed by atoms with E-state index in [1.165, 1.54) is 39.2 Å². The SMILES string of the molecule is Cc1c(C)c(N(C)C)c(-c2cnn(-c3[c-]c(Oc4[c-]c5c(cc4)c4ccccc4n5-c4cc(C(C)(C)C)ccn4)ccc3)c2)c(N(C)C)c1C.[Pt+2]. The maximum Gasteiger partial charge on any atom is 2.00 e. The third kappa shape index (κ3) is 6.44. The second-order valence-corrected chi connectivity index (χ2v) is 14.5. The molecule has 8 heteroatoms. The fourth-order valence-corrected chi connectivity index (χ4v) is 7.03. The minimum atomic E-state index is -0.00801. The number of nitrogens with zero attached hydrogens (tertiary/aromatic N) is 6. The molecule has 0 unspecified atom stereocenters. The molecule has 0 amide bonds. The van der Waals surface area contributed by atoms with Crippen LogP contribution >= 0.6 is 0 Å². The fourth-order valence-electron chi connectivity index (χ4n) is 7.03. The Morgan fingerprint density at radius 3 is 2.12 bits per heavy atom. The molecule has 0 saturated carbocycles. The molecule has 51 heavy (non-hydrogen) atoms. The number of hydrogen-bond donors (Lipinski definition) is 0. The van der Waals surface area contributed by atoms with Crippen molar-refractivity contribution in [2.24, 2.45) is 0 Å². The summed E-state index contributed by atoms with van der Waals surface area (Å²) in [4.78, 5) is 9.20. The smallest absolute Gasteiger partial charge is 0.509 e. The zero-order valence-electron chi connectivity index (χ0n) is 31.0. The maximum absolute atomic E-state index is 6.45. The van der Waals surface area contributed by atoms with Crippen LogP contribution in [0.15, 0.2) is 85.3 Å². The van der Waals surface area contributed by atoms with E-state index in [0.29, 0.717) is 11.5 Å². The molecule has 3 aromatic heterocycles. The third-order valence-corrected chi connectivity index (χ3v) is 9.69. The molecule has 262 valence electrons.